The van der Waals surface area contributed by atoms with E-state index in [9.17, 15) is 0 Å². The van der Waals surface area contributed by atoms with Crippen molar-refractivity contribution in [2.24, 2.45) is 22.7 Å². The summed E-state index contributed by atoms with van der Waals surface area (Å²) in [7, 11) is 2.25. The van der Waals surface area contributed by atoms with E-state index in [1.807, 2.05) is 0 Å². The van der Waals surface area contributed by atoms with Gasteiger partial charge in [0.25, 0.3) is 0 Å². The summed E-state index contributed by atoms with van der Waals surface area (Å²) in [6.45, 7) is 9.57. The zero-order valence-corrected chi connectivity index (χ0v) is 36.8. The standard InChI is InChI=1S/C57H58N4O/c1-35-25-27-36(28-26-35)38-31-32-57(4)47(33-38)42-18-10-12-22-48(42)61(57)49-23-13-19-43-51-44(20-14-24-50(51)62-52(43)49)55-59-53(37-15-7-6-8-16-37)58-54(60(55)5)39-29-30-41-40-17-9-11-21-45(40)56(2,3)46(41)34-39/h6-10,12-13,15-20,22-23,25,27-35,43,47,50-54,58H,11,14,21,24,26H2,1-5H3/t35-,43?,47?,50?,51?,52?,53?,54?,57?/m1/s1. The number of ether oxygens (including phenoxy) is 1. The van der Waals surface area contributed by atoms with Crippen LogP contribution in [-0.4, -0.2) is 35.5 Å². The van der Waals surface area contributed by atoms with Crippen LogP contribution in [0.2, 0.25) is 0 Å². The van der Waals surface area contributed by atoms with Gasteiger partial charge in [-0.1, -0.05) is 160 Å². The van der Waals surface area contributed by atoms with Gasteiger partial charge in [0.15, 0.2) is 0 Å². The van der Waals surface area contributed by atoms with Gasteiger partial charge >= 0.3 is 0 Å². The van der Waals surface area contributed by atoms with Crippen molar-refractivity contribution in [3.05, 3.63) is 202 Å². The van der Waals surface area contributed by atoms with Gasteiger partial charge in [-0.2, -0.15) is 0 Å². The van der Waals surface area contributed by atoms with E-state index in [0.717, 1.165) is 37.9 Å². The minimum absolute atomic E-state index is 0.00430. The van der Waals surface area contributed by atoms with E-state index in [1.54, 1.807) is 5.57 Å². The molecule has 0 aromatic heterocycles. The lowest BCUT2D eigenvalue weighted by Gasteiger charge is -2.44. The Kier molecular flexibility index (Phi) is 8.79. The zero-order valence-electron chi connectivity index (χ0n) is 36.8. The molecular formula is C57H58N4O. The Morgan fingerprint density at radius 3 is 2.58 bits per heavy atom. The van der Waals surface area contributed by atoms with E-state index in [-0.39, 0.29) is 53.2 Å². The number of anilines is 1. The highest BCUT2D eigenvalue weighted by Crippen LogP contribution is 2.57. The first-order valence-electron chi connectivity index (χ1n) is 23.3. The van der Waals surface area contributed by atoms with Crippen molar-refractivity contribution in [1.29, 1.82) is 0 Å². The molecule has 3 aliphatic heterocycles. The first-order chi connectivity index (χ1) is 30.2. The second-order valence-electron chi connectivity index (χ2n) is 19.9. The summed E-state index contributed by atoms with van der Waals surface area (Å²) in [6.07, 6.45) is 34.0. The number of rotatable bonds is 5. The molecule has 3 aromatic carbocycles. The lowest BCUT2D eigenvalue weighted by atomic mass is 9.73. The van der Waals surface area contributed by atoms with E-state index in [2.05, 4.69) is 196 Å². The number of nitrogens with one attached hydrogen (secondary N) is 1. The Morgan fingerprint density at radius 1 is 0.871 bits per heavy atom. The summed E-state index contributed by atoms with van der Waals surface area (Å²) in [5.41, 5.74) is 16.0. The molecule has 6 aliphatic carbocycles. The third-order valence-corrected chi connectivity index (χ3v) is 15.9. The number of hydrogen-bond acceptors (Lipinski definition) is 5. The van der Waals surface area contributed by atoms with Gasteiger partial charge in [0, 0.05) is 41.6 Å². The Morgan fingerprint density at radius 2 is 1.73 bits per heavy atom. The molecule has 312 valence electrons. The maximum Gasteiger partial charge on any atom is 0.130 e. The minimum atomic E-state index is -0.262. The third-order valence-electron chi connectivity index (χ3n) is 15.9. The summed E-state index contributed by atoms with van der Waals surface area (Å²) in [4.78, 5) is 10.7. The molecule has 0 radical (unpaired) electrons. The third kappa shape index (κ3) is 5.70. The number of aliphatic imine (C=N–C) groups is 1. The molecule has 12 rings (SSSR count). The number of para-hydroxylation sites is 1. The molecule has 0 amide bonds. The van der Waals surface area contributed by atoms with E-state index >= 15 is 0 Å². The Hall–Kier alpha value is -5.49. The molecule has 1 N–H and O–H groups in total. The summed E-state index contributed by atoms with van der Waals surface area (Å²) in [5, 5.41) is 4.02. The molecule has 5 nitrogen and oxygen atoms in total. The lowest BCUT2D eigenvalue weighted by molar-refractivity contribution is 0.0440. The minimum Gasteiger partial charge on any atom is -0.367 e. The molecule has 0 saturated carbocycles. The number of nitrogens with zero attached hydrogens (tertiary/aromatic N) is 3. The van der Waals surface area contributed by atoms with Crippen molar-refractivity contribution < 1.29 is 4.74 Å². The van der Waals surface area contributed by atoms with Crippen LogP contribution in [-0.2, 0) is 10.2 Å². The largest absolute Gasteiger partial charge is 0.367 e. The second-order valence-corrected chi connectivity index (χ2v) is 19.9. The van der Waals surface area contributed by atoms with Crippen LogP contribution in [0.5, 0.6) is 0 Å². The van der Waals surface area contributed by atoms with Crippen LogP contribution in [0.4, 0.5) is 5.69 Å². The van der Waals surface area contributed by atoms with Crippen molar-refractivity contribution in [3.63, 3.8) is 0 Å². The molecule has 5 heteroatoms. The predicted octanol–water partition coefficient (Wildman–Crippen LogP) is 12.3. The van der Waals surface area contributed by atoms with Crippen LogP contribution in [0.25, 0.3) is 5.57 Å². The highest BCUT2D eigenvalue weighted by molar-refractivity contribution is 6.00. The average Bonchev–Trinajstić information content (AvgIpc) is 3.89. The molecule has 3 heterocycles. The van der Waals surface area contributed by atoms with Crippen LogP contribution < -0.4 is 10.2 Å². The van der Waals surface area contributed by atoms with Gasteiger partial charge in [-0.25, -0.2) is 4.99 Å². The van der Waals surface area contributed by atoms with Crippen molar-refractivity contribution >= 4 is 17.1 Å². The monoisotopic (exact) mass is 814 g/mol. The van der Waals surface area contributed by atoms with Crippen LogP contribution in [0, 0.1) is 17.8 Å². The highest BCUT2D eigenvalue weighted by atomic mass is 16.5. The number of likely N-dealkylation sites (N-methyl/N-ethyl adjacent to an activating group) is 1. The van der Waals surface area contributed by atoms with E-state index in [4.69, 9.17) is 9.73 Å². The molecule has 9 atom stereocenters. The summed E-state index contributed by atoms with van der Waals surface area (Å²) in [5.74, 6) is 2.28. The van der Waals surface area contributed by atoms with Gasteiger partial charge in [0.2, 0.25) is 0 Å². The van der Waals surface area contributed by atoms with Crippen LogP contribution >= 0.6 is 0 Å². The van der Waals surface area contributed by atoms with Gasteiger partial charge in [0.05, 0.1) is 11.6 Å². The van der Waals surface area contributed by atoms with E-state index in [0.29, 0.717) is 5.92 Å². The molecule has 0 bridgehead atoms. The predicted molar refractivity (Wildman–Crippen MR) is 253 cm³/mol. The molecular weight excluding hydrogens is 757 g/mol. The number of hydrogen-bond donors (Lipinski definition) is 1. The SMILES string of the molecule is C[C@@H]1C=CC(C2=CC3c4ccccc4N(C4=CC=CC5C4OC4CCC=C(C6=NC(c7ccccc7)NC(c7ccc8c(c7)C(C)(C)C7=C8C=CCC7)N6C)C45)C3(C)C=C2)=CC1. The normalized spacial score (nSPS) is 33.4. The Balaban J connectivity index is 0.890. The fraction of sp³-hybridized carbons (Fsp3) is 0.351. The Bertz CT molecular complexity index is 2700. The summed E-state index contributed by atoms with van der Waals surface area (Å²) in [6, 6.07) is 27.1. The van der Waals surface area contributed by atoms with Gasteiger partial charge in [0.1, 0.15) is 24.3 Å². The maximum absolute atomic E-state index is 7.40. The summed E-state index contributed by atoms with van der Waals surface area (Å²) >= 11 is 0. The number of benzene rings is 3. The number of allylic oxidation sites excluding steroid dienone is 13. The van der Waals surface area contributed by atoms with Gasteiger partial charge in [-0.15, -0.1) is 0 Å². The van der Waals surface area contributed by atoms with E-state index < -0.39 is 0 Å². The average molecular weight is 815 g/mol. The molecule has 1 saturated heterocycles. The topological polar surface area (TPSA) is 40.1 Å². The maximum atomic E-state index is 7.40. The molecule has 0 spiro atoms. The van der Waals surface area contributed by atoms with Gasteiger partial charge in [-0.05, 0) is 107 Å². The lowest BCUT2D eigenvalue weighted by Crippen LogP contribution is -2.49. The number of amidine groups is 1. The van der Waals surface area contributed by atoms with Crippen molar-refractivity contribution in [1.82, 2.24) is 10.2 Å². The van der Waals surface area contributed by atoms with Crippen LogP contribution in [0.15, 0.2) is 179 Å². The Labute approximate surface area is 368 Å². The number of fused-ring (bicyclic) bond motifs is 8. The molecule has 62 heavy (non-hydrogen) atoms. The molecule has 9 aliphatic rings. The highest BCUT2D eigenvalue weighted by Gasteiger charge is 2.55. The quantitative estimate of drug-likeness (QED) is 0.279. The molecule has 3 aromatic rings. The van der Waals surface area contributed by atoms with Crippen molar-refractivity contribution in [2.45, 2.75) is 101 Å². The van der Waals surface area contributed by atoms with E-state index in [1.165, 1.54) is 61.5 Å². The molecule has 1 fully saturated rings. The second kappa shape index (κ2) is 14.3. The van der Waals surface area contributed by atoms with Crippen molar-refractivity contribution in [2.75, 3.05) is 11.9 Å². The fourth-order valence-electron chi connectivity index (χ4n) is 12.7. The zero-order chi connectivity index (χ0) is 41.9. The van der Waals surface area contributed by atoms with Crippen molar-refractivity contribution in [3.8, 4) is 0 Å². The van der Waals surface area contributed by atoms with Gasteiger partial charge < -0.3 is 14.5 Å². The van der Waals surface area contributed by atoms with Crippen LogP contribution in [0.3, 0.4) is 0 Å². The first kappa shape index (κ1) is 38.2. The molecule has 8 unspecified atom stereocenters. The fourth-order valence-corrected chi connectivity index (χ4v) is 12.7. The van der Waals surface area contributed by atoms with Crippen LogP contribution in [0.1, 0.15) is 106 Å². The summed E-state index contributed by atoms with van der Waals surface area (Å²) < 4.78 is 7.40. The first-order valence-corrected chi connectivity index (χ1v) is 23.3. The van der Waals surface area contributed by atoms with Gasteiger partial charge in [-0.3, -0.25) is 5.32 Å². The smallest absolute Gasteiger partial charge is 0.130 e.